The Hall–Kier alpha value is -0.900. The molecule has 0 unspecified atom stereocenters. The number of carbonyl (C=O) groups is 2. The maximum absolute atomic E-state index is 11.9. The van der Waals surface area contributed by atoms with Crippen molar-refractivity contribution in [3.05, 3.63) is 0 Å². The summed E-state index contributed by atoms with van der Waals surface area (Å²) < 4.78 is 0. The molecule has 0 saturated carbocycles. The molecule has 1 heterocycles. The SMILES string of the molecule is CC(C)C(=O)C(C)(C)C(=O)NCCN1CC1. The number of rotatable bonds is 6. The second-order valence-corrected chi connectivity index (χ2v) is 5.24. The number of nitrogens with one attached hydrogen (secondary N) is 1. The Kier molecular flexibility index (Phi) is 4.08. The fraction of sp³-hybridized carbons (Fsp3) is 0.833. The molecule has 0 radical (unpaired) electrons. The summed E-state index contributed by atoms with van der Waals surface area (Å²) in [7, 11) is 0. The average Bonchev–Trinajstić information content (AvgIpc) is 3.00. The molecular weight excluding hydrogens is 204 g/mol. The molecule has 92 valence electrons. The normalized spacial score (nSPS) is 16.3. The Morgan fingerprint density at radius 1 is 1.31 bits per heavy atom. The van der Waals surface area contributed by atoms with Crippen molar-refractivity contribution in [2.75, 3.05) is 26.2 Å². The van der Waals surface area contributed by atoms with Crippen LogP contribution in [0.3, 0.4) is 0 Å². The highest BCUT2D eigenvalue weighted by Gasteiger charge is 2.36. The summed E-state index contributed by atoms with van der Waals surface area (Å²) in [6.07, 6.45) is 0. The van der Waals surface area contributed by atoms with E-state index in [1.165, 1.54) is 0 Å². The van der Waals surface area contributed by atoms with Crippen LogP contribution >= 0.6 is 0 Å². The number of nitrogens with zero attached hydrogens (tertiary/aromatic N) is 1. The molecule has 0 aromatic carbocycles. The number of hydrogen-bond acceptors (Lipinski definition) is 3. The predicted molar refractivity (Wildman–Crippen MR) is 63.1 cm³/mol. The molecule has 1 N–H and O–H groups in total. The van der Waals surface area contributed by atoms with E-state index in [0.29, 0.717) is 6.54 Å². The topological polar surface area (TPSA) is 49.2 Å². The van der Waals surface area contributed by atoms with Gasteiger partial charge in [-0.05, 0) is 13.8 Å². The van der Waals surface area contributed by atoms with Gasteiger partial charge in [0.15, 0.2) is 0 Å². The zero-order valence-electron chi connectivity index (χ0n) is 10.7. The average molecular weight is 226 g/mol. The molecule has 0 aromatic heterocycles. The van der Waals surface area contributed by atoms with Gasteiger partial charge in [-0.2, -0.15) is 0 Å². The molecule has 1 aliphatic heterocycles. The van der Waals surface area contributed by atoms with Gasteiger partial charge in [0.05, 0.1) is 0 Å². The van der Waals surface area contributed by atoms with Gasteiger partial charge < -0.3 is 5.32 Å². The third kappa shape index (κ3) is 3.30. The molecule has 1 fully saturated rings. The summed E-state index contributed by atoms with van der Waals surface area (Å²) in [5.74, 6) is -0.266. The van der Waals surface area contributed by atoms with Crippen LogP contribution in [-0.4, -0.2) is 42.8 Å². The van der Waals surface area contributed by atoms with E-state index < -0.39 is 5.41 Å². The number of carbonyl (C=O) groups excluding carboxylic acids is 2. The van der Waals surface area contributed by atoms with E-state index in [-0.39, 0.29) is 17.6 Å². The lowest BCUT2D eigenvalue weighted by Crippen LogP contribution is -2.45. The fourth-order valence-corrected chi connectivity index (χ4v) is 1.68. The molecule has 1 amide bonds. The van der Waals surface area contributed by atoms with Crippen LogP contribution in [0.5, 0.6) is 0 Å². The van der Waals surface area contributed by atoms with Gasteiger partial charge in [-0.15, -0.1) is 0 Å². The van der Waals surface area contributed by atoms with Crippen molar-refractivity contribution < 1.29 is 9.59 Å². The minimum atomic E-state index is -0.910. The lowest BCUT2D eigenvalue weighted by molar-refractivity contribution is -0.141. The van der Waals surface area contributed by atoms with Gasteiger partial charge in [0.25, 0.3) is 0 Å². The molecule has 1 aliphatic rings. The molecule has 0 aromatic rings. The van der Waals surface area contributed by atoms with Crippen LogP contribution in [0.1, 0.15) is 27.7 Å². The Balaban J connectivity index is 2.39. The van der Waals surface area contributed by atoms with E-state index in [9.17, 15) is 9.59 Å². The Morgan fingerprint density at radius 3 is 2.31 bits per heavy atom. The van der Waals surface area contributed by atoms with E-state index >= 15 is 0 Å². The minimum Gasteiger partial charge on any atom is -0.354 e. The highest BCUT2D eigenvalue weighted by molar-refractivity contribution is 6.05. The second-order valence-electron chi connectivity index (χ2n) is 5.24. The van der Waals surface area contributed by atoms with Gasteiger partial charge in [0.1, 0.15) is 11.2 Å². The van der Waals surface area contributed by atoms with Crippen molar-refractivity contribution in [3.8, 4) is 0 Å². The highest BCUT2D eigenvalue weighted by atomic mass is 16.2. The predicted octanol–water partition coefficient (Wildman–Crippen LogP) is 0.670. The van der Waals surface area contributed by atoms with E-state index in [4.69, 9.17) is 0 Å². The third-order valence-electron chi connectivity index (χ3n) is 2.96. The van der Waals surface area contributed by atoms with Crippen LogP contribution in [0.15, 0.2) is 0 Å². The molecule has 16 heavy (non-hydrogen) atoms. The van der Waals surface area contributed by atoms with E-state index in [0.717, 1.165) is 19.6 Å². The van der Waals surface area contributed by atoms with Gasteiger partial charge in [-0.25, -0.2) is 0 Å². The summed E-state index contributed by atoms with van der Waals surface area (Å²) in [5.41, 5.74) is -0.910. The smallest absolute Gasteiger partial charge is 0.233 e. The first-order chi connectivity index (χ1) is 7.35. The van der Waals surface area contributed by atoms with Crippen LogP contribution in [0.25, 0.3) is 0 Å². The van der Waals surface area contributed by atoms with E-state index in [2.05, 4.69) is 10.2 Å². The summed E-state index contributed by atoms with van der Waals surface area (Å²) in [5, 5.41) is 2.83. The number of hydrogen-bond donors (Lipinski definition) is 1. The van der Waals surface area contributed by atoms with Crippen LogP contribution in [0.2, 0.25) is 0 Å². The summed E-state index contributed by atoms with van der Waals surface area (Å²) in [6, 6.07) is 0. The molecule has 1 saturated heterocycles. The lowest BCUT2D eigenvalue weighted by atomic mass is 9.81. The quantitative estimate of drug-likeness (QED) is 0.535. The van der Waals surface area contributed by atoms with Crippen molar-refractivity contribution in [3.63, 3.8) is 0 Å². The first kappa shape index (κ1) is 13.2. The Labute approximate surface area is 97.4 Å². The molecule has 1 rings (SSSR count). The number of amides is 1. The number of Topliss-reactive ketones (excluding diaryl/α,β-unsaturated/α-hetero) is 1. The maximum atomic E-state index is 11.9. The highest BCUT2D eigenvalue weighted by Crippen LogP contribution is 2.21. The van der Waals surface area contributed by atoms with Gasteiger partial charge in [0, 0.05) is 32.1 Å². The van der Waals surface area contributed by atoms with E-state index in [1.807, 2.05) is 13.8 Å². The van der Waals surface area contributed by atoms with Gasteiger partial charge in [-0.3, -0.25) is 14.5 Å². The zero-order valence-corrected chi connectivity index (χ0v) is 10.7. The van der Waals surface area contributed by atoms with Crippen LogP contribution in [0.4, 0.5) is 0 Å². The van der Waals surface area contributed by atoms with Crippen LogP contribution in [0, 0.1) is 11.3 Å². The third-order valence-corrected chi connectivity index (χ3v) is 2.96. The summed E-state index contributed by atoms with van der Waals surface area (Å²) >= 11 is 0. The van der Waals surface area contributed by atoms with E-state index in [1.54, 1.807) is 13.8 Å². The number of ketones is 1. The molecule has 0 atom stereocenters. The largest absolute Gasteiger partial charge is 0.354 e. The molecule has 0 spiro atoms. The Bertz CT molecular complexity index is 281. The molecular formula is C12H22N2O2. The lowest BCUT2D eigenvalue weighted by Gasteiger charge is -2.24. The first-order valence-electron chi connectivity index (χ1n) is 5.90. The fourth-order valence-electron chi connectivity index (χ4n) is 1.68. The Morgan fingerprint density at radius 2 is 1.88 bits per heavy atom. The van der Waals surface area contributed by atoms with Crippen LogP contribution in [-0.2, 0) is 9.59 Å². The standard InChI is InChI=1S/C12H22N2O2/c1-9(2)10(15)12(3,4)11(16)13-5-6-14-7-8-14/h9H,5-8H2,1-4H3,(H,13,16). The molecule has 0 bridgehead atoms. The van der Waals surface area contributed by atoms with Crippen LogP contribution < -0.4 is 5.32 Å². The molecule has 0 aliphatic carbocycles. The molecule has 4 heteroatoms. The van der Waals surface area contributed by atoms with Gasteiger partial charge in [0.2, 0.25) is 5.91 Å². The second kappa shape index (κ2) is 4.95. The minimum absolute atomic E-state index is 0.00303. The first-order valence-corrected chi connectivity index (χ1v) is 5.90. The van der Waals surface area contributed by atoms with Crippen molar-refractivity contribution in [2.24, 2.45) is 11.3 Å². The summed E-state index contributed by atoms with van der Waals surface area (Å²) in [6.45, 7) is 10.8. The summed E-state index contributed by atoms with van der Waals surface area (Å²) in [4.78, 5) is 25.9. The van der Waals surface area contributed by atoms with Crippen molar-refractivity contribution in [1.29, 1.82) is 0 Å². The van der Waals surface area contributed by atoms with Crippen molar-refractivity contribution >= 4 is 11.7 Å². The van der Waals surface area contributed by atoms with Gasteiger partial charge >= 0.3 is 0 Å². The van der Waals surface area contributed by atoms with Gasteiger partial charge in [-0.1, -0.05) is 13.8 Å². The maximum Gasteiger partial charge on any atom is 0.233 e. The molecule has 4 nitrogen and oxygen atoms in total. The monoisotopic (exact) mass is 226 g/mol. The zero-order chi connectivity index (χ0) is 12.3. The van der Waals surface area contributed by atoms with Crippen molar-refractivity contribution in [2.45, 2.75) is 27.7 Å². The van der Waals surface area contributed by atoms with Crippen molar-refractivity contribution in [1.82, 2.24) is 10.2 Å².